The van der Waals surface area contributed by atoms with Crippen LogP contribution in [-0.2, 0) is 10.0 Å². The maximum Gasteiger partial charge on any atom is 0.257 e. The molecular weight excluding hydrogens is 432 g/mol. The summed E-state index contributed by atoms with van der Waals surface area (Å²) in [6, 6.07) is 11.8. The van der Waals surface area contributed by atoms with Crippen LogP contribution < -0.4 is 10.2 Å². The van der Waals surface area contributed by atoms with Crippen LogP contribution >= 0.6 is 11.3 Å². The van der Waals surface area contributed by atoms with Crippen molar-refractivity contribution in [2.24, 2.45) is 0 Å². The average Bonchev–Trinajstić information content (AvgIpc) is 3.08. The van der Waals surface area contributed by atoms with Crippen molar-refractivity contribution < 1.29 is 13.2 Å². The monoisotopic (exact) mass is 460 g/mol. The van der Waals surface area contributed by atoms with E-state index in [1.54, 1.807) is 30.3 Å². The number of benzene rings is 2. The highest BCUT2D eigenvalue weighted by atomic mass is 32.2. The van der Waals surface area contributed by atoms with E-state index < -0.39 is 10.0 Å². The van der Waals surface area contributed by atoms with Crippen LogP contribution in [-0.4, -0.2) is 49.8 Å². The lowest BCUT2D eigenvalue weighted by Crippen LogP contribution is -2.41. The van der Waals surface area contributed by atoms with Gasteiger partial charge in [0.15, 0.2) is 5.13 Å². The van der Waals surface area contributed by atoms with Crippen LogP contribution in [0.4, 0.5) is 10.8 Å². The highest BCUT2D eigenvalue weighted by Crippen LogP contribution is 2.30. The summed E-state index contributed by atoms with van der Waals surface area (Å²) in [5.74, 6) is -0.261. The molecule has 0 bridgehead atoms. The molecule has 2 aromatic carbocycles. The van der Waals surface area contributed by atoms with Gasteiger partial charge in [0.25, 0.3) is 5.91 Å². The van der Waals surface area contributed by atoms with Gasteiger partial charge in [-0.05, 0) is 70.2 Å². The quantitative estimate of drug-likeness (QED) is 0.564. The molecule has 0 radical (unpaired) electrons. The van der Waals surface area contributed by atoms with Gasteiger partial charge in [-0.25, -0.2) is 13.4 Å². The first-order valence-corrected chi connectivity index (χ1v) is 12.3. The third-order valence-electron chi connectivity index (χ3n) is 4.82. The molecule has 0 spiro atoms. The van der Waals surface area contributed by atoms with E-state index in [1.807, 2.05) is 58.8 Å². The van der Waals surface area contributed by atoms with Crippen LogP contribution in [0.15, 0.2) is 47.4 Å². The predicted molar refractivity (Wildman–Crippen MR) is 128 cm³/mol. The van der Waals surface area contributed by atoms with Crippen LogP contribution in [0, 0.1) is 0 Å². The van der Waals surface area contributed by atoms with Crippen molar-refractivity contribution in [3.05, 3.63) is 48.0 Å². The molecule has 0 saturated carbocycles. The van der Waals surface area contributed by atoms with Gasteiger partial charge in [-0.15, -0.1) is 0 Å². The Labute approximate surface area is 187 Å². The molecule has 0 aliphatic carbocycles. The summed E-state index contributed by atoms with van der Waals surface area (Å²) in [5.41, 5.74) is 2.17. The smallest absolute Gasteiger partial charge is 0.257 e. The van der Waals surface area contributed by atoms with Gasteiger partial charge in [-0.3, -0.25) is 10.1 Å². The molecule has 0 aliphatic heterocycles. The number of amides is 1. The minimum Gasteiger partial charge on any atom is -0.378 e. The molecule has 0 aliphatic rings. The number of aromatic nitrogens is 1. The Bertz CT molecular complexity index is 1180. The molecule has 3 rings (SSSR count). The van der Waals surface area contributed by atoms with E-state index in [0.29, 0.717) is 20.9 Å². The van der Waals surface area contributed by atoms with Crippen molar-refractivity contribution >= 4 is 48.3 Å². The molecule has 1 amide bonds. The number of anilines is 2. The van der Waals surface area contributed by atoms with Crippen molar-refractivity contribution in [3.8, 4) is 0 Å². The number of fused-ring (bicyclic) bond motifs is 1. The molecule has 7 nitrogen and oxygen atoms in total. The van der Waals surface area contributed by atoms with E-state index in [-0.39, 0.29) is 22.9 Å². The minimum atomic E-state index is -3.64. The summed E-state index contributed by atoms with van der Waals surface area (Å²) in [6.07, 6.45) is 0. The largest absolute Gasteiger partial charge is 0.378 e. The molecule has 1 aromatic heterocycles. The van der Waals surface area contributed by atoms with Gasteiger partial charge in [0.1, 0.15) is 0 Å². The van der Waals surface area contributed by atoms with Gasteiger partial charge in [-0.1, -0.05) is 11.3 Å². The molecular formula is C22H28N4O3S2. The number of carbonyl (C=O) groups excluding carboxylic acids is 1. The molecule has 166 valence electrons. The molecule has 1 heterocycles. The number of carbonyl (C=O) groups is 1. The molecule has 9 heteroatoms. The first-order valence-electron chi connectivity index (χ1n) is 10.0. The highest BCUT2D eigenvalue weighted by Gasteiger charge is 2.29. The van der Waals surface area contributed by atoms with Gasteiger partial charge in [-0.2, -0.15) is 4.31 Å². The summed E-state index contributed by atoms with van der Waals surface area (Å²) in [5, 5.41) is 3.24. The topological polar surface area (TPSA) is 82.6 Å². The number of thiazole rings is 1. The number of nitrogens with zero attached hydrogens (tertiary/aromatic N) is 3. The lowest BCUT2D eigenvalue weighted by molar-refractivity contribution is 0.102. The second kappa shape index (κ2) is 8.94. The first-order chi connectivity index (χ1) is 14.5. The Morgan fingerprint density at radius 3 is 2.16 bits per heavy atom. The average molecular weight is 461 g/mol. The minimum absolute atomic E-state index is 0.157. The van der Waals surface area contributed by atoms with Crippen molar-refractivity contribution in [2.45, 2.75) is 44.7 Å². The van der Waals surface area contributed by atoms with E-state index in [2.05, 4.69) is 10.3 Å². The highest BCUT2D eigenvalue weighted by molar-refractivity contribution is 7.89. The second-order valence-corrected chi connectivity index (χ2v) is 10.9. The van der Waals surface area contributed by atoms with Gasteiger partial charge in [0.2, 0.25) is 10.0 Å². The molecule has 3 aromatic rings. The van der Waals surface area contributed by atoms with Crippen molar-refractivity contribution in [3.63, 3.8) is 0 Å². The fourth-order valence-electron chi connectivity index (χ4n) is 3.47. The normalized spacial score (nSPS) is 12.2. The predicted octanol–water partition coefficient (Wildman–Crippen LogP) is 4.42. The lowest BCUT2D eigenvalue weighted by atomic mass is 10.2. The van der Waals surface area contributed by atoms with Gasteiger partial charge in [0.05, 0.1) is 15.1 Å². The number of sulfonamides is 1. The fraction of sp³-hybridized carbons (Fsp3) is 0.364. The van der Waals surface area contributed by atoms with Crippen LogP contribution in [0.2, 0.25) is 0 Å². The molecule has 0 unspecified atom stereocenters. The van der Waals surface area contributed by atoms with Crippen LogP contribution in [0.5, 0.6) is 0 Å². The third kappa shape index (κ3) is 4.89. The Kier molecular flexibility index (Phi) is 6.68. The standard InChI is InChI=1S/C22H28N4O3S2/c1-14(2)26(15(3)4)31(28,29)18-11-12-19-20(13-18)30-22(23-19)24-21(27)16-7-9-17(10-8-16)25(5)6/h7-15H,1-6H3,(H,23,24,27). The Morgan fingerprint density at radius 2 is 1.61 bits per heavy atom. The van der Waals surface area contributed by atoms with Crippen LogP contribution in [0.1, 0.15) is 38.1 Å². The molecule has 0 saturated heterocycles. The molecule has 0 atom stereocenters. The maximum absolute atomic E-state index is 13.1. The van der Waals surface area contributed by atoms with Crippen molar-refractivity contribution in [1.82, 2.24) is 9.29 Å². The number of rotatable bonds is 7. The maximum atomic E-state index is 13.1. The number of hydrogen-bond donors (Lipinski definition) is 1. The van der Waals surface area contributed by atoms with Crippen LogP contribution in [0.25, 0.3) is 10.2 Å². The van der Waals surface area contributed by atoms with Crippen molar-refractivity contribution in [2.75, 3.05) is 24.3 Å². The SMILES string of the molecule is CC(C)N(C(C)C)S(=O)(=O)c1ccc2nc(NC(=O)c3ccc(N(C)C)cc3)sc2c1. The lowest BCUT2D eigenvalue weighted by Gasteiger charge is -2.29. The van der Waals surface area contributed by atoms with E-state index >= 15 is 0 Å². The zero-order valence-corrected chi connectivity index (χ0v) is 20.2. The second-order valence-electron chi connectivity index (χ2n) is 8.07. The van der Waals surface area contributed by atoms with Crippen molar-refractivity contribution in [1.29, 1.82) is 0 Å². The summed E-state index contributed by atoms with van der Waals surface area (Å²) in [4.78, 5) is 19.2. The van der Waals surface area contributed by atoms with E-state index in [0.717, 1.165) is 5.69 Å². The summed E-state index contributed by atoms with van der Waals surface area (Å²) in [7, 11) is 0.235. The van der Waals surface area contributed by atoms with E-state index in [9.17, 15) is 13.2 Å². The zero-order valence-electron chi connectivity index (χ0n) is 18.6. The van der Waals surface area contributed by atoms with E-state index in [1.165, 1.54) is 15.6 Å². The number of hydrogen-bond acceptors (Lipinski definition) is 6. The van der Waals surface area contributed by atoms with Crippen LogP contribution in [0.3, 0.4) is 0 Å². The van der Waals surface area contributed by atoms with E-state index in [4.69, 9.17) is 0 Å². The molecule has 0 fully saturated rings. The number of nitrogens with one attached hydrogen (secondary N) is 1. The Morgan fingerprint density at radius 1 is 1.00 bits per heavy atom. The Hall–Kier alpha value is -2.49. The van der Waals surface area contributed by atoms with Gasteiger partial charge in [0, 0.05) is 37.4 Å². The molecule has 31 heavy (non-hydrogen) atoms. The van der Waals surface area contributed by atoms with Gasteiger partial charge >= 0.3 is 0 Å². The zero-order chi connectivity index (χ0) is 22.9. The third-order valence-corrected chi connectivity index (χ3v) is 8.00. The summed E-state index contributed by atoms with van der Waals surface area (Å²) >= 11 is 1.25. The summed E-state index contributed by atoms with van der Waals surface area (Å²) < 4.78 is 28.5. The first kappa shape index (κ1) is 23.2. The Balaban J connectivity index is 1.86. The fourth-order valence-corrected chi connectivity index (χ4v) is 6.31. The summed E-state index contributed by atoms with van der Waals surface area (Å²) in [6.45, 7) is 7.45. The van der Waals surface area contributed by atoms with Gasteiger partial charge < -0.3 is 4.90 Å². The molecule has 1 N–H and O–H groups in total.